The van der Waals surface area contributed by atoms with E-state index in [1.807, 2.05) is 31.3 Å². The number of halogens is 1. The van der Waals surface area contributed by atoms with Crippen molar-refractivity contribution < 1.29 is 0 Å². The Hall–Kier alpha value is -1.48. The van der Waals surface area contributed by atoms with Crippen LogP contribution in [-0.2, 0) is 0 Å². The van der Waals surface area contributed by atoms with E-state index in [1.165, 1.54) is 5.56 Å². The number of nitrogens with two attached hydrogens (primary N) is 1. The minimum Gasteiger partial charge on any atom is -0.399 e. The number of hydrogen-bond donors (Lipinski definition) is 2. The van der Waals surface area contributed by atoms with Crippen LogP contribution in [0.2, 0.25) is 0 Å². The summed E-state index contributed by atoms with van der Waals surface area (Å²) in [7, 11) is 1.91. The van der Waals surface area contributed by atoms with Gasteiger partial charge in [0.15, 0.2) is 0 Å². The topological polar surface area (TPSA) is 38.0 Å². The molecule has 2 aromatic carbocycles. The molecule has 82 valence electrons. The van der Waals surface area contributed by atoms with Crippen molar-refractivity contribution in [1.29, 1.82) is 0 Å². The molecule has 2 aromatic rings. The lowest BCUT2D eigenvalue weighted by atomic mass is 10.1. The molecule has 0 spiro atoms. The molecule has 0 atom stereocenters. The van der Waals surface area contributed by atoms with Crippen molar-refractivity contribution in [3.8, 4) is 11.1 Å². The average Bonchev–Trinajstić information content (AvgIpc) is 2.30. The van der Waals surface area contributed by atoms with Crippen LogP contribution in [0, 0.1) is 0 Å². The van der Waals surface area contributed by atoms with E-state index in [0.29, 0.717) is 0 Å². The van der Waals surface area contributed by atoms with Crippen molar-refractivity contribution >= 4 is 27.3 Å². The van der Waals surface area contributed by atoms with Crippen LogP contribution < -0.4 is 11.1 Å². The molecular formula is C13H13BrN2. The molecule has 0 saturated carbocycles. The predicted molar refractivity (Wildman–Crippen MR) is 73.5 cm³/mol. The maximum Gasteiger partial charge on any atom is 0.0482 e. The standard InChI is InChI=1S/C13H13BrN2/c1-16-13-7-4-10(8-12(13)14)9-2-5-11(15)6-3-9/h2-8,16H,15H2,1H3. The van der Waals surface area contributed by atoms with E-state index in [1.54, 1.807) is 0 Å². The Kier molecular flexibility index (Phi) is 3.15. The quantitative estimate of drug-likeness (QED) is 0.821. The number of hydrogen-bond acceptors (Lipinski definition) is 2. The zero-order chi connectivity index (χ0) is 11.5. The summed E-state index contributed by atoms with van der Waals surface area (Å²) in [5.74, 6) is 0. The van der Waals surface area contributed by atoms with E-state index in [-0.39, 0.29) is 0 Å². The Morgan fingerprint density at radius 1 is 1.00 bits per heavy atom. The van der Waals surface area contributed by atoms with Crippen LogP contribution in [0.3, 0.4) is 0 Å². The lowest BCUT2D eigenvalue weighted by Crippen LogP contribution is -1.89. The fourth-order valence-electron chi connectivity index (χ4n) is 1.57. The molecular weight excluding hydrogens is 264 g/mol. The predicted octanol–water partition coefficient (Wildman–Crippen LogP) is 3.74. The Balaban J connectivity index is 2.41. The largest absolute Gasteiger partial charge is 0.399 e. The van der Waals surface area contributed by atoms with E-state index < -0.39 is 0 Å². The average molecular weight is 277 g/mol. The van der Waals surface area contributed by atoms with Crippen molar-refractivity contribution in [1.82, 2.24) is 0 Å². The smallest absolute Gasteiger partial charge is 0.0482 e. The molecule has 0 aromatic heterocycles. The number of benzene rings is 2. The van der Waals surface area contributed by atoms with Crippen molar-refractivity contribution in [2.75, 3.05) is 18.1 Å². The maximum absolute atomic E-state index is 5.66. The van der Waals surface area contributed by atoms with Crippen LogP contribution in [0.5, 0.6) is 0 Å². The highest BCUT2D eigenvalue weighted by Crippen LogP contribution is 2.29. The Bertz CT molecular complexity index is 492. The second-order valence-corrected chi connectivity index (χ2v) is 4.42. The Morgan fingerprint density at radius 3 is 2.19 bits per heavy atom. The molecule has 2 rings (SSSR count). The fraction of sp³-hybridized carbons (Fsp3) is 0.0769. The van der Waals surface area contributed by atoms with E-state index in [2.05, 4.69) is 39.4 Å². The van der Waals surface area contributed by atoms with Gasteiger partial charge in [-0.1, -0.05) is 18.2 Å². The summed E-state index contributed by atoms with van der Waals surface area (Å²) in [6.07, 6.45) is 0. The summed E-state index contributed by atoms with van der Waals surface area (Å²) in [6, 6.07) is 14.1. The van der Waals surface area contributed by atoms with Gasteiger partial charge in [-0.15, -0.1) is 0 Å². The summed E-state index contributed by atoms with van der Waals surface area (Å²) in [5, 5.41) is 3.12. The Labute approximate surface area is 104 Å². The van der Waals surface area contributed by atoms with Crippen LogP contribution in [0.25, 0.3) is 11.1 Å². The van der Waals surface area contributed by atoms with Crippen LogP contribution in [-0.4, -0.2) is 7.05 Å². The first-order valence-electron chi connectivity index (χ1n) is 5.04. The first-order valence-corrected chi connectivity index (χ1v) is 5.83. The van der Waals surface area contributed by atoms with Crippen molar-refractivity contribution in [3.63, 3.8) is 0 Å². The molecule has 0 aliphatic rings. The van der Waals surface area contributed by atoms with E-state index in [0.717, 1.165) is 21.4 Å². The van der Waals surface area contributed by atoms with Crippen LogP contribution in [0.1, 0.15) is 0 Å². The summed E-state index contributed by atoms with van der Waals surface area (Å²) >= 11 is 3.53. The van der Waals surface area contributed by atoms with Crippen LogP contribution in [0.15, 0.2) is 46.9 Å². The third-order valence-electron chi connectivity index (χ3n) is 2.48. The molecule has 0 radical (unpaired) electrons. The maximum atomic E-state index is 5.66. The van der Waals surface area contributed by atoms with Crippen molar-refractivity contribution in [2.24, 2.45) is 0 Å². The van der Waals surface area contributed by atoms with Gasteiger partial charge in [-0.25, -0.2) is 0 Å². The highest BCUT2D eigenvalue weighted by Gasteiger charge is 2.01. The number of nitrogens with one attached hydrogen (secondary N) is 1. The third-order valence-corrected chi connectivity index (χ3v) is 3.14. The SMILES string of the molecule is CNc1ccc(-c2ccc(N)cc2)cc1Br. The molecule has 2 nitrogen and oxygen atoms in total. The highest BCUT2D eigenvalue weighted by molar-refractivity contribution is 9.10. The molecule has 0 bridgehead atoms. The van der Waals surface area contributed by atoms with E-state index in [9.17, 15) is 0 Å². The van der Waals surface area contributed by atoms with Gasteiger partial charge in [-0.3, -0.25) is 0 Å². The number of rotatable bonds is 2. The van der Waals surface area contributed by atoms with Crippen LogP contribution in [0.4, 0.5) is 11.4 Å². The lowest BCUT2D eigenvalue weighted by Gasteiger charge is -2.07. The fourth-order valence-corrected chi connectivity index (χ4v) is 2.15. The monoisotopic (exact) mass is 276 g/mol. The van der Waals surface area contributed by atoms with Gasteiger partial charge in [0, 0.05) is 22.9 Å². The first kappa shape index (κ1) is 11.0. The second kappa shape index (κ2) is 4.58. The number of nitrogen functional groups attached to an aromatic ring is 1. The summed E-state index contributed by atoms with van der Waals surface area (Å²) in [4.78, 5) is 0. The summed E-state index contributed by atoms with van der Waals surface area (Å²) in [5.41, 5.74) is 9.87. The molecule has 0 fully saturated rings. The van der Waals surface area contributed by atoms with Gasteiger partial charge in [0.2, 0.25) is 0 Å². The van der Waals surface area contributed by atoms with Crippen LogP contribution >= 0.6 is 15.9 Å². The summed E-state index contributed by atoms with van der Waals surface area (Å²) in [6.45, 7) is 0. The van der Waals surface area contributed by atoms with Crippen molar-refractivity contribution in [2.45, 2.75) is 0 Å². The molecule has 0 amide bonds. The normalized spacial score (nSPS) is 10.1. The first-order chi connectivity index (χ1) is 7.70. The zero-order valence-electron chi connectivity index (χ0n) is 9.00. The highest BCUT2D eigenvalue weighted by atomic mass is 79.9. The molecule has 16 heavy (non-hydrogen) atoms. The van der Waals surface area contributed by atoms with Gasteiger partial charge in [0.25, 0.3) is 0 Å². The Morgan fingerprint density at radius 2 is 1.62 bits per heavy atom. The number of anilines is 2. The van der Waals surface area contributed by atoms with Crippen molar-refractivity contribution in [3.05, 3.63) is 46.9 Å². The van der Waals surface area contributed by atoms with Gasteiger partial charge in [-0.2, -0.15) is 0 Å². The molecule has 0 aliphatic heterocycles. The molecule has 0 saturated heterocycles. The molecule has 0 heterocycles. The van der Waals surface area contributed by atoms with Gasteiger partial charge < -0.3 is 11.1 Å². The van der Waals surface area contributed by atoms with Gasteiger partial charge >= 0.3 is 0 Å². The van der Waals surface area contributed by atoms with Gasteiger partial charge in [0.1, 0.15) is 0 Å². The van der Waals surface area contributed by atoms with Gasteiger partial charge in [0.05, 0.1) is 0 Å². The molecule has 0 unspecified atom stereocenters. The second-order valence-electron chi connectivity index (χ2n) is 3.57. The summed E-state index contributed by atoms with van der Waals surface area (Å²) < 4.78 is 1.06. The van der Waals surface area contributed by atoms with E-state index in [4.69, 9.17) is 5.73 Å². The van der Waals surface area contributed by atoms with E-state index >= 15 is 0 Å². The molecule has 3 N–H and O–H groups in total. The minimum atomic E-state index is 0.787. The minimum absolute atomic E-state index is 0.787. The zero-order valence-corrected chi connectivity index (χ0v) is 10.6. The molecule has 0 aliphatic carbocycles. The third kappa shape index (κ3) is 2.19. The van der Waals surface area contributed by atoms with Gasteiger partial charge in [-0.05, 0) is 51.3 Å². The lowest BCUT2D eigenvalue weighted by molar-refractivity contribution is 1.48. The molecule has 3 heteroatoms.